The zero-order valence-electron chi connectivity index (χ0n) is 10.2. The van der Waals surface area contributed by atoms with Crippen molar-refractivity contribution in [3.05, 3.63) is 35.0 Å². The maximum Gasteiger partial charge on any atom is 0.253 e. The monoisotopic (exact) mass is 324 g/mol. The van der Waals surface area contributed by atoms with E-state index in [1.54, 1.807) is 0 Å². The summed E-state index contributed by atoms with van der Waals surface area (Å²) in [5.41, 5.74) is 0.405. The molecule has 0 spiro atoms. The molecule has 0 radical (unpaired) electrons. The number of aliphatic hydroxyl groups is 2. The first-order chi connectivity index (χ1) is 9.36. The molecule has 7 nitrogen and oxygen atoms in total. The van der Waals surface area contributed by atoms with Crippen molar-refractivity contribution in [1.82, 2.24) is 5.32 Å². The van der Waals surface area contributed by atoms with Crippen molar-refractivity contribution < 1.29 is 25.4 Å². The minimum atomic E-state index is -1.31. The molecule has 0 aromatic heterocycles. The maximum absolute atomic E-state index is 11.3. The number of aliphatic hydroxyl groups excluding tert-OH is 2. The number of halogens is 2. The Bertz CT molecular complexity index is 441. The fourth-order valence-corrected chi connectivity index (χ4v) is 1.65. The third-order valence-electron chi connectivity index (χ3n) is 2.60. The van der Waals surface area contributed by atoms with Gasteiger partial charge in [-0.25, -0.2) is 5.21 Å². The number of hydrogen-bond acceptors (Lipinski definition) is 5. The number of alkyl halides is 2. The molecule has 0 aliphatic rings. The maximum atomic E-state index is 11.3. The normalized spacial score (nSPS) is 15.8. The van der Waals surface area contributed by atoms with Crippen LogP contribution in [-0.4, -0.2) is 38.8 Å². The van der Waals surface area contributed by atoms with Crippen molar-refractivity contribution in [1.29, 1.82) is 0 Å². The second-order valence-corrected chi connectivity index (χ2v) is 5.07. The van der Waals surface area contributed by atoms with E-state index in [-0.39, 0.29) is 5.69 Å². The van der Waals surface area contributed by atoms with E-state index in [9.17, 15) is 20.2 Å². The van der Waals surface area contributed by atoms with Crippen LogP contribution in [0.25, 0.3) is 0 Å². The molecule has 0 bridgehead atoms. The first-order valence-corrected chi connectivity index (χ1v) is 6.44. The summed E-state index contributed by atoms with van der Waals surface area (Å²) in [5, 5.41) is 39.9. The lowest BCUT2D eigenvalue weighted by Gasteiger charge is -2.23. The molecule has 3 atom stereocenters. The highest BCUT2D eigenvalue weighted by atomic mass is 35.5. The molecular weight excluding hydrogens is 311 g/mol. The van der Waals surface area contributed by atoms with E-state index in [0.717, 1.165) is 0 Å². The van der Waals surface area contributed by atoms with E-state index in [1.165, 1.54) is 24.3 Å². The topological polar surface area (TPSA) is 117 Å². The zero-order valence-corrected chi connectivity index (χ0v) is 11.7. The molecule has 5 N–H and O–H groups in total. The molecule has 1 aromatic rings. The number of carbonyl (C=O) groups is 1. The van der Waals surface area contributed by atoms with Gasteiger partial charge in [-0.05, 0) is 5.56 Å². The molecule has 0 heterocycles. The number of nitrogens with one attached hydrogen (secondary N) is 2. The van der Waals surface area contributed by atoms with E-state index in [4.69, 9.17) is 28.4 Å². The highest BCUT2D eigenvalue weighted by molar-refractivity contribution is 6.53. The molecule has 1 unspecified atom stereocenters. The van der Waals surface area contributed by atoms with Gasteiger partial charge in [0.1, 0.15) is 6.10 Å². The Balaban J connectivity index is 2.80. The first kappa shape index (κ1) is 17.1. The van der Waals surface area contributed by atoms with Crippen LogP contribution in [0.4, 0.5) is 5.69 Å². The second kappa shape index (κ2) is 7.75. The van der Waals surface area contributed by atoms with E-state index >= 15 is 0 Å². The van der Waals surface area contributed by atoms with Crippen molar-refractivity contribution >= 4 is 34.8 Å². The predicted molar refractivity (Wildman–Crippen MR) is 71.7 cm³/mol. The summed E-state index contributed by atoms with van der Waals surface area (Å²) < 4.78 is 0. The standard InChI is InChI=1S/C11H14Cl2N2O5/c12-10(13)11(18)14-8(5-16)9(17)6-1-3-7(4-2-6)15(19)20/h1-4,8-10,15-17,19H,5H2,(H,14,18)/t8-,9-/m1/s1. The van der Waals surface area contributed by atoms with Gasteiger partial charge in [0.2, 0.25) is 0 Å². The molecule has 9 heteroatoms. The predicted octanol–water partition coefficient (Wildman–Crippen LogP) is -0.596. The number of quaternary nitrogens is 1. The van der Waals surface area contributed by atoms with Crippen LogP contribution in [0.2, 0.25) is 0 Å². The second-order valence-electron chi connectivity index (χ2n) is 3.97. The van der Waals surface area contributed by atoms with Gasteiger partial charge in [-0.1, -0.05) is 35.3 Å². The number of hydrogen-bond donors (Lipinski definition) is 5. The van der Waals surface area contributed by atoms with Crippen LogP contribution in [0.5, 0.6) is 0 Å². The summed E-state index contributed by atoms with van der Waals surface area (Å²) in [7, 11) is 0. The van der Waals surface area contributed by atoms with Crippen LogP contribution in [0.3, 0.4) is 0 Å². The lowest BCUT2D eigenvalue weighted by Crippen LogP contribution is -2.99. The summed E-state index contributed by atoms with van der Waals surface area (Å²) in [6.45, 7) is -0.534. The highest BCUT2D eigenvalue weighted by Gasteiger charge is 2.24. The van der Waals surface area contributed by atoms with Crippen LogP contribution in [0, 0.1) is 5.21 Å². The van der Waals surface area contributed by atoms with Gasteiger partial charge in [0.15, 0.2) is 10.5 Å². The Hall–Kier alpha value is -0.930. The molecule has 0 saturated carbocycles. The molecule has 20 heavy (non-hydrogen) atoms. The summed E-state index contributed by atoms with van der Waals surface area (Å²) >= 11 is 10.7. The van der Waals surface area contributed by atoms with Crippen molar-refractivity contribution in [3.63, 3.8) is 0 Å². The van der Waals surface area contributed by atoms with Gasteiger partial charge in [-0.15, -0.1) is 0 Å². The number of amides is 1. The van der Waals surface area contributed by atoms with Crippen molar-refractivity contribution in [3.8, 4) is 0 Å². The first-order valence-electron chi connectivity index (χ1n) is 5.57. The summed E-state index contributed by atoms with van der Waals surface area (Å²) in [6, 6.07) is 4.40. The van der Waals surface area contributed by atoms with Gasteiger partial charge >= 0.3 is 0 Å². The van der Waals surface area contributed by atoms with Crippen LogP contribution in [0.1, 0.15) is 11.7 Å². The molecule has 1 rings (SSSR count). The van der Waals surface area contributed by atoms with Gasteiger partial charge in [0, 0.05) is 12.1 Å². The minimum absolute atomic E-state index is 0.0621. The lowest BCUT2D eigenvalue weighted by atomic mass is 10.0. The molecule has 112 valence electrons. The Morgan fingerprint density at radius 3 is 2.30 bits per heavy atom. The zero-order chi connectivity index (χ0) is 15.3. The van der Waals surface area contributed by atoms with Gasteiger partial charge in [-0.3, -0.25) is 4.79 Å². The molecule has 1 aromatic carbocycles. The molecule has 0 fully saturated rings. The largest absolute Gasteiger partial charge is 0.595 e. The average molecular weight is 325 g/mol. The summed E-state index contributed by atoms with van der Waals surface area (Å²) in [4.78, 5) is 10.0. The number of carbonyl (C=O) groups excluding carboxylic acids is 1. The molecular formula is C11H14Cl2N2O5. The SMILES string of the molecule is O=C(N[C@H](CO)[C@H](O)c1ccc([NH+]([O-])O)cc1)C(Cl)Cl. The van der Waals surface area contributed by atoms with Gasteiger partial charge in [0.05, 0.1) is 12.6 Å². The van der Waals surface area contributed by atoms with Crippen molar-refractivity contribution in [2.24, 2.45) is 0 Å². The molecule has 0 aliphatic carbocycles. The minimum Gasteiger partial charge on any atom is -0.595 e. The summed E-state index contributed by atoms with van der Waals surface area (Å²) in [5.74, 6) is -0.742. The van der Waals surface area contributed by atoms with Crippen molar-refractivity contribution in [2.75, 3.05) is 6.61 Å². The smallest absolute Gasteiger partial charge is 0.253 e. The van der Waals surface area contributed by atoms with E-state index in [2.05, 4.69) is 5.32 Å². The van der Waals surface area contributed by atoms with Gasteiger partial charge in [0.25, 0.3) is 5.91 Å². The van der Waals surface area contributed by atoms with Crippen LogP contribution < -0.4 is 10.5 Å². The van der Waals surface area contributed by atoms with Crippen LogP contribution in [0.15, 0.2) is 24.3 Å². The summed E-state index contributed by atoms with van der Waals surface area (Å²) in [6.07, 6.45) is -1.22. The van der Waals surface area contributed by atoms with Crippen LogP contribution >= 0.6 is 23.2 Å². The number of benzene rings is 1. The Labute approximate surface area is 124 Å². The van der Waals surface area contributed by atoms with Gasteiger partial charge < -0.3 is 20.7 Å². The Kier molecular flexibility index (Phi) is 6.63. The van der Waals surface area contributed by atoms with E-state index in [1.807, 2.05) is 0 Å². The van der Waals surface area contributed by atoms with E-state index < -0.39 is 34.7 Å². The third-order valence-corrected chi connectivity index (χ3v) is 3.00. The van der Waals surface area contributed by atoms with Crippen molar-refractivity contribution in [2.45, 2.75) is 17.0 Å². The van der Waals surface area contributed by atoms with E-state index in [0.29, 0.717) is 5.56 Å². The van der Waals surface area contributed by atoms with Crippen LogP contribution in [-0.2, 0) is 4.79 Å². The fourth-order valence-electron chi connectivity index (χ4n) is 1.53. The average Bonchev–Trinajstić information content (AvgIpc) is 2.43. The highest BCUT2D eigenvalue weighted by Crippen LogP contribution is 2.18. The molecule has 0 saturated heterocycles. The lowest BCUT2D eigenvalue weighted by molar-refractivity contribution is -0.991. The Morgan fingerprint density at radius 2 is 1.90 bits per heavy atom. The number of rotatable bonds is 6. The third kappa shape index (κ3) is 4.57. The van der Waals surface area contributed by atoms with Gasteiger partial charge in [-0.2, -0.15) is 5.23 Å². The Morgan fingerprint density at radius 1 is 1.35 bits per heavy atom. The molecule has 0 aliphatic heterocycles. The molecule has 1 amide bonds. The quantitative estimate of drug-likeness (QED) is 0.354. The fraction of sp³-hybridized carbons (Fsp3) is 0.364.